The number of fused-ring (bicyclic) bond motifs is 1. The molecule has 5 heteroatoms. The lowest BCUT2D eigenvalue weighted by atomic mass is 9.87. The minimum absolute atomic E-state index is 0.0752. The van der Waals surface area contributed by atoms with Crippen LogP contribution in [-0.4, -0.2) is 27.0 Å². The van der Waals surface area contributed by atoms with Gasteiger partial charge in [0.1, 0.15) is 15.7 Å². The number of benzene rings is 1. The van der Waals surface area contributed by atoms with E-state index >= 15 is 0 Å². The Morgan fingerprint density at radius 1 is 1.44 bits per heavy atom. The molecular formula is C13H18FNO2S. The summed E-state index contributed by atoms with van der Waals surface area (Å²) in [6.07, 6.45) is 4.18. The standard InChI is InChI=1S/C13H18FNO2S/c1-18(16,17)8-7-15-13-4-2-3-10-5-6-11(14)9-12(10)13/h5-6,9,13,15H,2-4,7-8H2,1H3. The van der Waals surface area contributed by atoms with Gasteiger partial charge in [-0.3, -0.25) is 0 Å². The number of rotatable bonds is 4. The van der Waals surface area contributed by atoms with E-state index in [9.17, 15) is 12.8 Å². The molecule has 100 valence electrons. The zero-order valence-corrected chi connectivity index (χ0v) is 11.3. The Kier molecular flexibility index (Phi) is 4.02. The predicted octanol–water partition coefficient (Wildman–Crippen LogP) is 1.84. The topological polar surface area (TPSA) is 46.2 Å². The quantitative estimate of drug-likeness (QED) is 0.909. The number of sulfone groups is 1. The van der Waals surface area contributed by atoms with Crippen LogP contribution in [0.25, 0.3) is 0 Å². The Bertz CT molecular complexity index is 528. The molecule has 0 fully saturated rings. The van der Waals surface area contributed by atoms with E-state index in [2.05, 4.69) is 5.32 Å². The van der Waals surface area contributed by atoms with Crippen LogP contribution in [0.5, 0.6) is 0 Å². The van der Waals surface area contributed by atoms with E-state index in [0.717, 1.165) is 24.8 Å². The van der Waals surface area contributed by atoms with Gasteiger partial charge in [0.25, 0.3) is 0 Å². The summed E-state index contributed by atoms with van der Waals surface area (Å²) in [5.74, 6) is -0.112. The van der Waals surface area contributed by atoms with Gasteiger partial charge in [-0.2, -0.15) is 0 Å². The van der Waals surface area contributed by atoms with Gasteiger partial charge < -0.3 is 5.32 Å². The van der Waals surface area contributed by atoms with Crippen molar-refractivity contribution in [2.24, 2.45) is 0 Å². The summed E-state index contributed by atoms with van der Waals surface area (Å²) >= 11 is 0. The molecular weight excluding hydrogens is 253 g/mol. The lowest BCUT2D eigenvalue weighted by Gasteiger charge is -2.26. The molecule has 0 spiro atoms. The molecule has 0 amide bonds. The third-order valence-electron chi connectivity index (χ3n) is 3.29. The molecule has 0 radical (unpaired) electrons. The smallest absolute Gasteiger partial charge is 0.148 e. The lowest BCUT2D eigenvalue weighted by molar-refractivity contribution is 0.467. The zero-order chi connectivity index (χ0) is 13.2. The van der Waals surface area contributed by atoms with E-state index < -0.39 is 9.84 Å². The van der Waals surface area contributed by atoms with Crippen molar-refractivity contribution in [3.05, 3.63) is 35.1 Å². The van der Waals surface area contributed by atoms with Crippen LogP contribution in [0.15, 0.2) is 18.2 Å². The molecule has 1 atom stereocenters. The molecule has 1 unspecified atom stereocenters. The van der Waals surface area contributed by atoms with Gasteiger partial charge in [-0.25, -0.2) is 12.8 Å². The molecule has 0 bridgehead atoms. The molecule has 0 saturated carbocycles. The van der Waals surface area contributed by atoms with Crippen LogP contribution in [0, 0.1) is 5.82 Å². The molecule has 1 aromatic rings. The Hall–Kier alpha value is -0.940. The van der Waals surface area contributed by atoms with Crippen LogP contribution < -0.4 is 5.32 Å². The second kappa shape index (κ2) is 5.36. The largest absolute Gasteiger partial charge is 0.309 e. The normalized spacial score (nSPS) is 19.6. The molecule has 3 nitrogen and oxygen atoms in total. The van der Waals surface area contributed by atoms with E-state index in [4.69, 9.17) is 0 Å². The Morgan fingerprint density at radius 2 is 2.22 bits per heavy atom. The van der Waals surface area contributed by atoms with Gasteiger partial charge in [0.2, 0.25) is 0 Å². The van der Waals surface area contributed by atoms with Gasteiger partial charge in [-0.05, 0) is 42.5 Å². The Balaban J connectivity index is 2.05. The van der Waals surface area contributed by atoms with Gasteiger partial charge >= 0.3 is 0 Å². The highest BCUT2D eigenvalue weighted by Gasteiger charge is 2.20. The summed E-state index contributed by atoms with van der Waals surface area (Å²) in [5, 5.41) is 3.22. The van der Waals surface area contributed by atoms with Gasteiger partial charge in [0, 0.05) is 18.8 Å². The maximum absolute atomic E-state index is 13.3. The summed E-state index contributed by atoms with van der Waals surface area (Å²) in [6, 6.07) is 4.95. The number of halogens is 1. The second-order valence-electron chi connectivity index (χ2n) is 4.87. The maximum Gasteiger partial charge on any atom is 0.148 e. The van der Waals surface area contributed by atoms with Crippen LogP contribution in [-0.2, 0) is 16.3 Å². The minimum Gasteiger partial charge on any atom is -0.309 e. The fourth-order valence-corrected chi connectivity index (χ4v) is 2.89. The summed E-state index contributed by atoms with van der Waals surface area (Å²) in [6.45, 7) is 0.416. The van der Waals surface area contributed by atoms with Crippen molar-refractivity contribution in [1.82, 2.24) is 5.32 Å². The van der Waals surface area contributed by atoms with Crippen molar-refractivity contribution in [3.8, 4) is 0 Å². The van der Waals surface area contributed by atoms with Crippen LogP contribution in [0.4, 0.5) is 4.39 Å². The number of aryl methyl sites for hydroxylation is 1. The molecule has 1 aliphatic rings. The summed E-state index contributed by atoms with van der Waals surface area (Å²) in [7, 11) is -2.95. The third-order valence-corrected chi connectivity index (χ3v) is 4.23. The number of hydrogen-bond acceptors (Lipinski definition) is 3. The molecule has 2 rings (SSSR count). The van der Waals surface area contributed by atoms with E-state index in [1.165, 1.54) is 17.9 Å². The maximum atomic E-state index is 13.3. The first-order valence-electron chi connectivity index (χ1n) is 6.15. The van der Waals surface area contributed by atoms with Crippen LogP contribution in [0.3, 0.4) is 0 Å². The van der Waals surface area contributed by atoms with Crippen molar-refractivity contribution in [3.63, 3.8) is 0 Å². The van der Waals surface area contributed by atoms with E-state index in [1.54, 1.807) is 6.07 Å². The summed E-state index contributed by atoms with van der Waals surface area (Å²) in [4.78, 5) is 0. The van der Waals surface area contributed by atoms with Crippen molar-refractivity contribution < 1.29 is 12.8 Å². The van der Waals surface area contributed by atoms with Crippen LogP contribution in [0.2, 0.25) is 0 Å². The monoisotopic (exact) mass is 271 g/mol. The SMILES string of the molecule is CS(=O)(=O)CCNC1CCCc2ccc(F)cc21. The average Bonchev–Trinajstić information content (AvgIpc) is 2.28. The Morgan fingerprint density at radius 3 is 2.94 bits per heavy atom. The van der Waals surface area contributed by atoms with E-state index in [1.807, 2.05) is 6.07 Å². The minimum atomic E-state index is -2.95. The Labute approximate surface area is 107 Å². The fourth-order valence-electron chi connectivity index (χ4n) is 2.40. The highest BCUT2D eigenvalue weighted by Crippen LogP contribution is 2.30. The molecule has 0 saturated heterocycles. The molecule has 18 heavy (non-hydrogen) atoms. The summed E-state index contributed by atoms with van der Waals surface area (Å²) in [5.41, 5.74) is 2.15. The van der Waals surface area contributed by atoms with Crippen LogP contribution in [0.1, 0.15) is 30.0 Å². The first-order valence-corrected chi connectivity index (χ1v) is 8.21. The molecule has 1 N–H and O–H groups in total. The van der Waals surface area contributed by atoms with Crippen molar-refractivity contribution in [2.75, 3.05) is 18.6 Å². The molecule has 0 aromatic heterocycles. The number of nitrogens with one attached hydrogen (secondary N) is 1. The van der Waals surface area contributed by atoms with Crippen molar-refractivity contribution >= 4 is 9.84 Å². The third kappa shape index (κ3) is 3.53. The van der Waals surface area contributed by atoms with Crippen molar-refractivity contribution in [2.45, 2.75) is 25.3 Å². The average molecular weight is 271 g/mol. The van der Waals surface area contributed by atoms with E-state index in [-0.39, 0.29) is 17.6 Å². The van der Waals surface area contributed by atoms with Gasteiger partial charge in [0.15, 0.2) is 0 Å². The first-order chi connectivity index (χ1) is 8.46. The van der Waals surface area contributed by atoms with Gasteiger partial charge in [-0.15, -0.1) is 0 Å². The lowest BCUT2D eigenvalue weighted by Crippen LogP contribution is -2.29. The first kappa shape index (κ1) is 13.5. The fraction of sp³-hybridized carbons (Fsp3) is 0.538. The van der Waals surface area contributed by atoms with Gasteiger partial charge in [-0.1, -0.05) is 6.07 Å². The molecule has 1 aromatic carbocycles. The highest BCUT2D eigenvalue weighted by atomic mass is 32.2. The highest BCUT2D eigenvalue weighted by molar-refractivity contribution is 7.90. The predicted molar refractivity (Wildman–Crippen MR) is 69.8 cm³/mol. The van der Waals surface area contributed by atoms with E-state index in [0.29, 0.717) is 6.54 Å². The van der Waals surface area contributed by atoms with Gasteiger partial charge in [0.05, 0.1) is 5.75 Å². The molecule has 0 aliphatic heterocycles. The number of hydrogen-bond donors (Lipinski definition) is 1. The van der Waals surface area contributed by atoms with Crippen LogP contribution >= 0.6 is 0 Å². The zero-order valence-electron chi connectivity index (χ0n) is 10.4. The summed E-state index contributed by atoms with van der Waals surface area (Å²) < 4.78 is 35.4. The van der Waals surface area contributed by atoms with Crippen molar-refractivity contribution in [1.29, 1.82) is 0 Å². The second-order valence-corrected chi connectivity index (χ2v) is 7.13. The molecule has 0 heterocycles. The molecule has 1 aliphatic carbocycles.